The van der Waals surface area contributed by atoms with Crippen LogP contribution in [0.5, 0.6) is 0 Å². The quantitative estimate of drug-likeness (QED) is 0.745. The van der Waals surface area contributed by atoms with E-state index in [9.17, 15) is 0 Å². The molecule has 0 aliphatic carbocycles. The lowest BCUT2D eigenvalue weighted by atomic mass is 10.3. The summed E-state index contributed by atoms with van der Waals surface area (Å²) in [7, 11) is 0. The third-order valence-corrected chi connectivity index (χ3v) is 4.94. The molecule has 0 radical (unpaired) electrons. The molecule has 0 N–H and O–H groups in total. The van der Waals surface area contributed by atoms with Crippen LogP contribution >= 0.6 is 11.3 Å². The van der Waals surface area contributed by atoms with Gasteiger partial charge in [-0.1, -0.05) is 23.5 Å². The molecule has 5 nitrogen and oxygen atoms in total. The molecule has 0 bridgehead atoms. The summed E-state index contributed by atoms with van der Waals surface area (Å²) in [5.74, 6) is 0. The van der Waals surface area contributed by atoms with E-state index >= 15 is 0 Å². The molecule has 1 aliphatic heterocycles. The average molecular weight is 314 g/mol. The molecular weight excluding hydrogens is 296 g/mol. The number of para-hydroxylation sites is 1. The molecule has 2 aromatic heterocycles. The van der Waals surface area contributed by atoms with E-state index in [4.69, 9.17) is 9.72 Å². The molecule has 0 amide bonds. The second-order valence-corrected chi connectivity index (χ2v) is 6.65. The van der Waals surface area contributed by atoms with E-state index in [1.54, 1.807) is 11.3 Å². The fourth-order valence-electron chi connectivity index (χ4n) is 2.77. The predicted octanol–water partition coefficient (Wildman–Crippen LogP) is 2.71. The van der Waals surface area contributed by atoms with Crippen molar-refractivity contribution in [2.75, 3.05) is 24.6 Å². The third-order valence-electron chi connectivity index (χ3n) is 3.84. The third kappa shape index (κ3) is 2.71. The first-order valence-corrected chi connectivity index (χ1v) is 8.31. The van der Waals surface area contributed by atoms with Crippen molar-refractivity contribution in [3.63, 3.8) is 0 Å². The summed E-state index contributed by atoms with van der Waals surface area (Å²) >= 11 is 1.75. The van der Waals surface area contributed by atoms with Crippen molar-refractivity contribution in [1.82, 2.24) is 14.8 Å². The highest BCUT2D eigenvalue weighted by Crippen LogP contribution is 2.29. The van der Waals surface area contributed by atoms with Crippen LogP contribution in [0.3, 0.4) is 0 Å². The highest BCUT2D eigenvalue weighted by Gasteiger charge is 2.23. The van der Waals surface area contributed by atoms with Gasteiger partial charge in [-0.2, -0.15) is 5.10 Å². The minimum Gasteiger partial charge on any atom is -0.373 e. The van der Waals surface area contributed by atoms with Gasteiger partial charge in [0, 0.05) is 19.3 Å². The second-order valence-electron chi connectivity index (χ2n) is 5.64. The van der Waals surface area contributed by atoms with Gasteiger partial charge in [-0.3, -0.25) is 4.68 Å². The van der Waals surface area contributed by atoms with Crippen molar-refractivity contribution in [2.45, 2.75) is 19.6 Å². The standard InChI is InChI=1S/C16H18N4OS/c1-12-8-17-20(9-12)11-13-10-19(6-7-21-13)16-18-14-4-2-3-5-15(14)22-16/h2-5,8-9,13H,6-7,10-11H2,1H3/t13-/m0/s1. The molecule has 0 unspecified atom stereocenters. The number of rotatable bonds is 3. The molecular formula is C16H18N4OS. The van der Waals surface area contributed by atoms with Gasteiger partial charge in [0.25, 0.3) is 0 Å². The van der Waals surface area contributed by atoms with Gasteiger partial charge in [0.05, 0.1) is 35.7 Å². The molecule has 1 saturated heterocycles. The molecule has 6 heteroatoms. The largest absolute Gasteiger partial charge is 0.373 e. The molecule has 1 atom stereocenters. The van der Waals surface area contributed by atoms with Crippen LogP contribution in [0.25, 0.3) is 10.2 Å². The molecule has 3 heterocycles. The van der Waals surface area contributed by atoms with Crippen molar-refractivity contribution in [3.8, 4) is 0 Å². The zero-order chi connectivity index (χ0) is 14.9. The van der Waals surface area contributed by atoms with E-state index in [-0.39, 0.29) is 6.10 Å². The maximum atomic E-state index is 5.89. The van der Waals surface area contributed by atoms with Gasteiger partial charge < -0.3 is 9.64 Å². The highest BCUT2D eigenvalue weighted by molar-refractivity contribution is 7.22. The molecule has 4 rings (SSSR count). The summed E-state index contributed by atoms with van der Waals surface area (Å²) in [4.78, 5) is 7.08. The van der Waals surface area contributed by atoms with Gasteiger partial charge in [-0.05, 0) is 24.6 Å². The van der Waals surface area contributed by atoms with Crippen LogP contribution in [0, 0.1) is 6.92 Å². The summed E-state index contributed by atoms with van der Waals surface area (Å²) in [6, 6.07) is 8.29. The Morgan fingerprint density at radius 1 is 1.36 bits per heavy atom. The van der Waals surface area contributed by atoms with Crippen LogP contribution in [0.1, 0.15) is 5.56 Å². The van der Waals surface area contributed by atoms with E-state index in [0.29, 0.717) is 0 Å². The van der Waals surface area contributed by atoms with Gasteiger partial charge >= 0.3 is 0 Å². The van der Waals surface area contributed by atoms with Crippen LogP contribution in [-0.2, 0) is 11.3 Å². The lowest BCUT2D eigenvalue weighted by molar-refractivity contribution is 0.0274. The van der Waals surface area contributed by atoms with Gasteiger partial charge in [0.1, 0.15) is 0 Å². The Morgan fingerprint density at radius 2 is 2.27 bits per heavy atom. The van der Waals surface area contributed by atoms with Crippen LogP contribution in [0.4, 0.5) is 5.13 Å². The number of fused-ring (bicyclic) bond motifs is 1. The molecule has 114 valence electrons. The molecule has 1 aliphatic rings. The van der Waals surface area contributed by atoms with Gasteiger partial charge in [0.2, 0.25) is 0 Å². The number of nitrogens with zero attached hydrogens (tertiary/aromatic N) is 4. The summed E-state index contributed by atoms with van der Waals surface area (Å²) < 4.78 is 9.09. The number of aryl methyl sites for hydroxylation is 1. The molecule has 3 aromatic rings. The number of hydrogen-bond donors (Lipinski definition) is 0. The number of benzene rings is 1. The Bertz CT molecular complexity index is 748. The van der Waals surface area contributed by atoms with Crippen molar-refractivity contribution in [2.24, 2.45) is 0 Å². The maximum absolute atomic E-state index is 5.89. The maximum Gasteiger partial charge on any atom is 0.186 e. The van der Waals surface area contributed by atoms with E-state index in [0.717, 1.165) is 36.9 Å². The minimum atomic E-state index is 0.153. The van der Waals surface area contributed by atoms with Crippen molar-refractivity contribution in [3.05, 3.63) is 42.2 Å². The zero-order valence-electron chi connectivity index (χ0n) is 12.5. The van der Waals surface area contributed by atoms with Crippen LogP contribution in [0.2, 0.25) is 0 Å². The molecule has 0 saturated carbocycles. The Kier molecular flexibility index (Phi) is 3.56. The number of ether oxygens (including phenoxy) is 1. The Morgan fingerprint density at radius 3 is 3.09 bits per heavy atom. The number of aromatic nitrogens is 3. The van der Waals surface area contributed by atoms with Crippen LogP contribution < -0.4 is 4.90 Å². The van der Waals surface area contributed by atoms with E-state index in [1.165, 1.54) is 10.3 Å². The topological polar surface area (TPSA) is 43.2 Å². The van der Waals surface area contributed by atoms with Crippen molar-refractivity contribution < 1.29 is 4.74 Å². The first-order chi connectivity index (χ1) is 10.8. The summed E-state index contributed by atoms with van der Waals surface area (Å²) in [6.07, 6.45) is 4.09. The smallest absolute Gasteiger partial charge is 0.186 e. The van der Waals surface area contributed by atoms with E-state index in [1.807, 2.05) is 16.9 Å². The lowest BCUT2D eigenvalue weighted by Gasteiger charge is -2.32. The number of thiazole rings is 1. The minimum absolute atomic E-state index is 0.153. The summed E-state index contributed by atoms with van der Waals surface area (Å²) in [5, 5.41) is 5.44. The fourth-order valence-corrected chi connectivity index (χ4v) is 3.77. The lowest BCUT2D eigenvalue weighted by Crippen LogP contribution is -2.44. The van der Waals surface area contributed by atoms with Crippen LogP contribution in [0.15, 0.2) is 36.7 Å². The first-order valence-electron chi connectivity index (χ1n) is 7.49. The fraction of sp³-hybridized carbons (Fsp3) is 0.375. The normalized spacial score (nSPS) is 19.0. The monoisotopic (exact) mass is 314 g/mol. The molecule has 1 aromatic carbocycles. The number of morpholine rings is 1. The summed E-state index contributed by atoms with van der Waals surface area (Å²) in [5.41, 5.74) is 2.26. The Labute approximate surface area is 133 Å². The van der Waals surface area contributed by atoms with Gasteiger partial charge in [-0.15, -0.1) is 0 Å². The second kappa shape index (κ2) is 5.70. The average Bonchev–Trinajstić information content (AvgIpc) is 3.13. The molecule has 1 fully saturated rings. The SMILES string of the molecule is Cc1cnn(C[C@@H]2CN(c3nc4ccccc4s3)CCO2)c1. The summed E-state index contributed by atoms with van der Waals surface area (Å²) in [6.45, 7) is 5.34. The molecule has 0 spiro atoms. The first kappa shape index (κ1) is 13.7. The zero-order valence-corrected chi connectivity index (χ0v) is 13.3. The van der Waals surface area contributed by atoms with Crippen molar-refractivity contribution in [1.29, 1.82) is 0 Å². The predicted molar refractivity (Wildman–Crippen MR) is 88.5 cm³/mol. The number of anilines is 1. The number of hydrogen-bond acceptors (Lipinski definition) is 5. The van der Waals surface area contributed by atoms with Crippen LogP contribution in [-0.4, -0.2) is 40.6 Å². The van der Waals surface area contributed by atoms with Gasteiger partial charge in [-0.25, -0.2) is 4.98 Å². The highest BCUT2D eigenvalue weighted by atomic mass is 32.1. The van der Waals surface area contributed by atoms with E-state index in [2.05, 4.69) is 41.3 Å². The molecule has 22 heavy (non-hydrogen) atoms. The Hall–Kier alpha value is -1.92. The van der Waals surface area contributed by atoms with E-state index < -0.39 is 0 Å². The van der Waals surface area contributed by atoms with Gasteiger partial charge in [0.15, 0.2) is 5.13 Å². The van der Waals surface area contributed by atoms with Crippen molar-refractivity contribution >= 4 is 26.7 Å². The Balaban J connectivity index is 1.50.